The molecule has 3 N–H and O–H groups in total. The van der Waals surface area contributed by atoms with E-state index >= 15 is 0 Å². The molecular formula is C11H15NO2. The Morgan fingerprint density at radius 1 is 1.43 bits per heavy atom. The summed E-state index contributed by atoms with van der Waals surface area (Å²) in [6.45, 7) is 1.05. The third-order valence-electron chi connectivity index (χ3n) is 2.72. The van der Waals surface area contributed by atoms with E-state index in [2.05, 4.69) is 0 Å². The monoisotopic (exact) mass is 193 g/mol. The molecule has 1 aliphatic rings. The Morgan fingerprint density at radius 3 is 3.00 bits per heavy atom. The standard InChI is InChI=1S/C11H15NO2/c12-7-5-11(13)6-8-14-10-4-2-1-3-9(10)11/h1-4,13H,5-8,12H2. The van der Waals surface area contributed by atoms with Crippen molar-refractivity contribution in [3.05, 3.63) is 29.8 Å². The van der Waals surface area contributed by atoms with Crippen LogP contribution in [0.5, 0.6) is 5.75 Å². The summed E-state index contributed by atoms with van der Waals surface area (Å²) in [5.74, 6) is 0.787. The second-order valence-electron chi connectivity index (χ2n) is 3.66. The lowest BCUT2D eigenvalue weighted by atomic mass is 9.85. The number of ether oxygens (including phenoxy) is 1. The first-order chi connectivity index (χ1) is 6.76. The molecule has 0 aromatic heterocycles. The van der Waals surface area contributed by atoms with Gasteiger partial charge in [0.15, 0.2) is 0 Å². The van der Waals surface area contributed by atoms with Crippen LogP contribution in [0.4, 0.5) is 0 Å². The molecule has 0 fully saturated rings. The fraction of sp³-hybridized carbons (Fsp3) is 0.455. The number of benzene rings is 1. The quantitative estimate of drug-likeness (QED) is 0.737. The predicted octanol–water partition coefficient (Wildman–Crippen LogP) is 1.01. The number of para-hydroxylation sites is 1. The minimum absolute atomic E-state index is 0.491. The topological polar surface area (TPSA) is 55.5 Å². The van der Waals surface area contributed by atoms with Gasteiger partial charge in [-0.05, 0) is 19.0 Å². The lowest BCUT2D eigenvalue weighted by Gasteiger charge is -2.34. The normalized spacial score (nSPS) is 25.3. The molecule has 0 spiro atoms. The molecule has 0 aliphatic carbocycles. The lowest BCUT2D eigenvalue weighted by molar-refractivity contribution is -0.00836. The predicted molar refractivity (Wildman–Crippen MR) is 54.1 cm³/mol. The van der Waals surface area contributed by atoms with Gasteiger partial charge in [-0.25, -0.2) is 0 Å². The molecule has 0 amide bonds. The van der Waals surface area contributed by atoms with Crippen molar-refractivity contribution in [2.75, 3.05) is 13.2 Å². The van der Waals surface area contributed by atoms with Crippen molar-refractivity contribution in [3.8, 4) is 5.75 Å². The molecule has 0 saturated carbocycles. The zero-order chi connectivity index (χ0) is 10.0. The van der Waals surface area contributed by atoms with E-state index in [4.69, 9.17) is 10.5 Å². The zero-order valence-electron chi connectivity index (χ0n) is 8.07. The van der Waals surface area contributed by atoms with Crippen molar-refractivity contribution in [3.63, 3.8) is 0 Å². The average molecular weight is 193 g/mol. The van der Waals surface area contributed by atoms with E-state index in [-0.39, 0.29) is 0 Å². The maximum absolute atomic E-state index is 10.4. The molecule has 1 atom stereocenters. The first kappa shape index (κ1) is 9.49. The lowest BCUT2D eigenvalue weighted by Crippen LogP contribution is -2.34. The van der Waals surface area contributed by atoms with E-state index in [9.17, 15) is 5.11 Å². The second-order valence-corrected chi connectivity index (χ2v) is 3.66. The number of fused-ring (bicyclic) bond motifs is 1. The molecule has 76 valence electrons. The van der Waals surface area contributed by atoms with E-state index in [0.29, 0.717) is 26.0 Å². The van der Waals surface area contributed by atoms with Crippen molar-refractivity contribution in [2.24, 2.45) is 5.73 Å². The summed E-state index contributed by atoms with van der Waals surface area (Å²) >= 11 is 0. The van der Waals surface area contributed by atoms with Crippen LogP contribution in [0.25, 0.3) is 0 Å². The molecule has 0 saturated heterocycles. The Hall–Kier alpha value is -1.06. The highest BCUT2D eigenvalue weighted by Gasteiger charge is 2.34. The Labute approximate surface area is 83.5 Å². The fourth-order valence-corrected chi connectivity index (χ4v) is 1.94. The Balaban J connectivity index is 2.39. The van der Waals surface area contributed by atoms with Crippen LogP contribution in [0.3, 0.4) is 0 Å². The van der Waals surface area contributed by atoms with Gasteiger partial charge < -0.3 is 15.6 Å². The minimum Gasteiger partial charge on any atom is -0.493 e. The van der Waals surface area contributed by atoms with Gasteiger partial charge in [0.25, 0.3) is 0 Å². The zero-order valence-corrected chi connectivity index (χ0v) is 8.07. The van der Waals surface area contributed by atoms with Crippen LogP contribution in [0, 0.1) is 0 Å². The molecule has 1 aliphatic heterocycles. The first-order valence-electron chi connectivity index (χ1n) is 4.91. The van der Waals surface area contributed by atoms with E-state index in [0.717, 1.165) is 11.3 Å². The fourth-order valence-electron chi connectivity index (χ4n) is 1.94. The third kappa shape index (κ3) is 1.49. The van der Waals surface area contributed by atoms with Gasteiger partial charge in [0.05, 0.1) is 12.2 Å². The number of hydrogen-bond donors (Lipinski definition) is 2. The largest absolute Gasteiger partial charge is 0.493 e. The maximum Gasteiger partial charge on any atom is 0.125 e. The van der Waals surface area contributed by atoms with Gasteiger partial charge in [-0.1, -0.05) is 18.2 Å². The van der Waals surface area contributed by atoms with E-state index in [1.54, 1.807) is 0 Å². The van der Waals surface area contributed by atoms with E-state index < -0.39 is 5.60 Å². The van der Waals surface area contributed by atoms with Crippen molar-refractivity contribution < 1.29 is 9.84 Å². The van der Waals surface area contributed by atoms with Crippen molar-refractivity contribution >= 4 is 0 Å². The van der Waals surface area contributed by atoms with E-state index in [1.165, 1.54) is 0 Å². The SMILES string of the molecule is NCCC1(O)CCOc2ccccc21. The molecule has 3 heteroatoms. The van der Waals surface area contributed by atoms with Gasteiger partial charge >= 0.3 is 0 Å². The van der Waals surface area contributed by atoms with Crippen LogP contribution in [0.2, 0.25) is 0 Å². The van der Waals surface area contributed by atoms with Gasteiger partial charge in [0, 0.05) is 12.0 Å². The van der Waals surface area contributed by atoms with Gasteiger partial charge in [0.1, 0.15) is 5.75 Å². The average Bonchev–Trinajstić information content (AvgIpc) is 2.19. The van der Waals surface area contributed by atoms with Crippen molar-refractivity contribution in [1.29, 1.82) is 0 Å². The summed E-state index contributed by atoms with van der Waals surface area (Å²) < 4.78 is 5.46. The van der Waals surface area contributed by atoms with Gasteiger partial charge in [-0.3, -0.25) is 0 Å². The highest BCUT2D eigenvalue weighted by atomic mass is 16.5. The molecule has 1 aromatic rings. The number of aliphatic hydroxyl groups is 1. The summed E-state index contributed by atoms with van der Waals surface area (Å²) in [6, 6.07) is 7.61. The van der Waals surface area contributed by atoms with Crippen LogP contribution in [-0.2, 0) is 5.60 Å². The maximum atomic E-state index is 10.4. The number of rotatable bonds is 2. The van der Waals surface area contributed by atoms with Crippen LogP contribution in [0.1, 0.15) is 18.4 Å². The number of nitrogens with two attached hydrogens (primary N) is 1. The van der Waals surface area contributed by atoms with E-state index in [1.807, 2.05) is 24.3 Å². The molecule has 3 nitrogen and oxygen atoms in total. The Bertz CT molecular complexity index is 327. The Kier molecular flexibility index (Phi) is 2.44. The van der Waals surface area contributed by atoms with Crippen molar-refractivity contribution in [2.45, 2.75) is 18.4 Å². The third-order valence-corrected chi connectivity index (χ3v) is 2.72. The van der Waals surface area contributed by atoms with Gasteiger partial charge in [-0.2, -0.15) is 0 Å². The first-order valence-corrected chi connectivity index (χ1v) is 4.91. The van der Waals surface area contributed by atoms with Crippen LogP contribution < -0.4 is 10.5 Å². The Morgan fingerprint density at radius 2 is 2.21 bits per heavy atom. The molecule has 1 unspecified atom stereocenters. The van der Waals surface area contributed by atoms with Crippen molar-refractivity contribution in [1.82, 2.24) is 0 Å². The van der Waals surface area contributed by atoms with Crippen LogP contribution in [-0.4, -0.2) is 18.3 Å². The summed E-state index contributed by atoms with van der Waals surface area (Å²) in [6.07, 6.45) is 1.22. The van der Waals surface area contributed by atoms with Gasteiger partial charge in [0.2, 0.25) is 0 Å². The summed E-state index contributed by atoms with van der Waals surface area (Å²) in [5.41, 5.74) is 5.58. The molecular weight excluding hydrogens is 178 g/mol. The van der Waals surface area contributed by atoms with Crippen LogP contribution in [0.15, 0.2) is 24.3 Å². The molecule has 2 rings (SSSR count). The van der Waals surface area contributed by atoms with Gasteiger partial charge in [-0.15, -0.1) is 0 Å². The summed E-state index contributed by atoms with van der Waals surface area (Å²) in [5, 5.41) is 10.4. The molecule has 1 aromatic carbocycles. The summed E-state index contributed by atoms with van der Waals surface area (Å²) in [7, 11) is 0. The minimum atomic E-state index is -0.788. The molecule has 0 bridgehead atoms. The highest BCUT2D eigenvalue weighted by Crippen LogP contribution is 2.38. The smallest absolute Gasteiger partial charge is 0.125 e. The number of hydrogen-bond acceptors (Lipinski definition) is 3. The van der Waals surface area contributed by atoms with Crippen LogP contribution >= 0.6 is 0 Å². The highest BCUT2D eigenvalue weighted by molar-refractivity contribution is 5.39. The summed E-state index contributed by atoms with van der Waals surface area (Å²) in [4.78, 5) is 0. The molecule has 14 heavy (non-hydrogen) atoms. The second kappa shape index (κ2) is 3.59. The molecule has 1 heterocycles. The molecule has 0 radical (unpaired) electrons.